The lowest BCUT2D eigenvalue weighted by atomic mass is 10.1. The average molecular weight is 481 g/mol. The molecule has 146 valence electrons. The normalized spacial score (nSPS) is 10.7. The van der Waals surface area contributed by atoms with Crippen LogP contribution in [0.1, 0.15) is 34.2 Å². The van der Waals surface area contributed by atoms with Crippen LogP contribution in [-0.4, -0.2) is 37.0 Å². The van der Waals surface area contributed by atoms with Crippen LogP contribution in [0.25, 0.3) is 0 Å². The Morgan fingerprint density at radius 1 is 1.15 bits per heavy atom. The number of halogens is 1. The number of pyridine rings is 1. The minimum atomic E-state index is -0.0691. The zero-order chi connectivity index (χ0) is 18.8. The third-order valence-electron chi connectivity index (χ3n) is 3.81. The summed E-state index contributed by atoms with van der Waals surface area (Å²) in [5.74, 6) is 0.693. The predicted octanol–water partition coefficient (Wildman–Crippen LogP) is 2.67. The van der Waals surface area contributed by atoms with Crippen molar-refractivity contribution < 1.29 is 4.79 Å². The standard InChI is InChI=1S/C20H27N5O.HI/c1-4-22-20(24-14-18-10-5-7-15(2)25-18)23-12-11-16-8-6-9-17(13-16)19(26)21-3;/h5-10,13H,4,11-12,14H2,1-3H3,(H,21,26)(H2,22,23,24);1H. The molecule has 1 amide bonds. The van der Waals surface area contributed by atoms with Gasteiger partial charge >= 0.3 is 0 Å². The molecule has 7 heteroatoms. The number of hydrogen-bond acceptors (Lipinski definition) is 3. The molecule has 1 aromatic carbocycles. The summed E-state index contributed by atoms with van der Waals surface area (Å²) in [4.78, 5) is 20.8. The van der Waals surface area contributed by atoms with Crippen LogP contribution in [0.5, 0.6) is 0 Å². The van der Waals surface area contributed by atoms with E-state index in [0.717, 1.165) is 42.4 Å². The maximum atomic E-state index is 11.7. The number of carbonyl (C=O) groups excluding carboxylic acids is 1. The molecule has 0 atom stereocenters. The van der Waals surface area contributed by atoms with E-state index in [1.54, 1.807) is 7.05 Å². The van der Waals surface area contributed by atoms with Crippen LogP contribution in [-0.2, 0) is 13.0 Å². The van der Waals surface area contributed by atoms with E-state index in [4.69, 9.17) is 0 Å². The lowest BCUT2D eigenvalue weighted by molar-refractivity contribution is 0.0963. The largest absolute Gasteiger partial charge is 0.357 e. The van der Waals surface area contributed by atoms with Crippen molar-refractivity contribution in [3.05, 3.63) is 65.0 Å². The third kappa shape index (κ3) is 7.94. The van der Waals surface area contributed by atoms with E-state index in [-0.39, 0.29) is 29.9 Å². The van der Waals surface area contributed by atoms with Crippen molar-refractivity contribution in [2.75, 3.05) is 20.1 Å². The topological polar surface area (TPSA) is 78.4 Å². The Bertz CT molecular complexity index is 764. The Labute approximate surface area is 178 Å². The SMILES string of the molecule is CCNC(=NCc1cccc(C)n1)NCCc1cccc(C(=O)NC)c1.I. The molecule has 0 saturated heterocycles. The molecule has 0 aliphatic carbocycles. The van der Waals surface area contributed by atoms with Crippen molar-refractivity contribution in [3.63, 3.8) is 0 Å². The van der Waals surface area contributed by atoms with E-state index < -0.39 is 0 Å². The summed E-state index contributed by atoms with van der Waals surface area (Å²) in [5, 5.41) is 9.21. The predicted molar refractivity (Wildman–Crippen MR) is 121 cm³/mol. The van der Waals surface area contributed by atoms with E-state index >= 15 is 0 Å². The first-order valence-electron chi connectivity index (χ1n) is 8.88. The number of carbonyl (C=O) groups is 1. The van der Waals surface area contributed by atoms with Crippen molar-refractivity contribution in [1.29, 1.82) is 0 Å². The van der Waals surface area contributed by atoms with E-state index in [0.29, 0.717) is 12.1 Å². The van der Waals surface area contributed by atoms with Crippen LogP contribution in [0.4, 0.5) is 0 Å². The summed E-state index contributed by atoms with van der Waals surface area (Å²) in [6, 6.07) is 13.6. The zero-order valence-electron chi connectivity index (χ0n) is 16.1. The summed E-state index contributed by atoms with van der Waals surface area (Å²) in [7, 11) is 1.64. The van der Waals surface area contributed by atoms with Gasteiger partial charge in [-0.1, -0.05) is 18.2 Å². The second-order valence-electron chi connectivity index (χ2n) is 5.92. The molecule has 0 unspecified atom stereocenters. The quantitative estimate of drug-likeness (QED) is 0.323. The van der Waals surface area contributed by atoms with Crippen molar-refractivity contribution in [3.8, 4) is 0 Å². The molecule has 0 radical (unpaired) electrons. The molecule has 0 fully saturated rings. The average Bonchev–Trinajstić information content (AvgIpc) is 2.66. The van der Waals surface area contributed by atoms with Gasteiger partial charge in [-0.3, -0.25) is 9.78 Å². The van der Waals surface area contributed by atoms with Gasteiger partial charge in [-0.15, -0.1) is 24.0 Å². The lowest BCUT2D eigenvalue weighted by Gasteiger charge is -2.11. The van der Waals surface area contributed by atoms with Crippen LogP contribution >= 0.6 is 24.0 Å². The highest BCUT2D eigenvalue weighted by Crippen LogP contribution is 2.06. The molecular formula is C20H28IN5O. The van der Waals surface area contributed by atoms with Crippen LogP contribution in [0.15, 0.2) is 47.5 Å². The number of nitrogens with zero attached hydrogens (tertiary/aromatic N) is 2. The van der Waals surface area contributed by atoms with Crippen molar-refractivity contribution in [2.45, 2.75) is 26.8 Å². The number of nitrogens with one attached hydrogen (secondary N) is 3. The Morgan fingerprint density at radius 3 is 2.63 bits per heavy atom. The summed E-state index contributed by atoms with van der Waals surface area (Å²) < 4.78 is 0. The first kappa shape index (κ1) is 22.9. The summed E-state index contributed by atoms with van der Waals surface area (Å²) in [5.41, 5.74) is 3.72. The molecule has 3 N–H and O–H groups in total. The monoisotopic (exact) mass is 481 g/mol. The van der Waals surface area contributed by atoms with Gasteiger partial charge in [0.15, 0.2) is 5.96 Å². The molecule has 27 heavy (non-hydrogen) atoms. The summed E-state index contributed by atoms with van der Waals surface area (Å²) in [6.07, 6.45) is 0.804. The van der Waals surface area contributed by atoms with Gasteiger partial charge in [-0.25, -0.2) is 4.99 Å². The van der Waals surface area contributed by atoms with E-state index in [9.17, 15) is 4.79 Å². The van der Waals surface area contributed by atoms with Gasteiger partial charge < -0.3 is 16.0 Å². The summed E-state index contributed by atoms with van der Waals surface area (Å²) >= 11 is 0. The first-order valence-corrected chi connectivity index (χ1v) is 8.88. The number of aromatic nitrogens is 1. The number of aryl methyl sites for hydroxylation is 1. The van der Waals surface area contributed by atoms with E-state index in [2.05, 4.69) is 25.9 Å². The molecule has 1 heterocycles. The highest BCUT2D eigenvalue weighted by molar-refractivity contribution is 14.0. The minimum Gasteiger partial charge on any atom is -0.357 e. The summed E-state index contributed by atoms with van der Waals surface area (Å²) in [6.45, 7) is 6.06. The first-order chi connectivity index (χ1) is 12.6. The van der Waals surface area contributed by atoms with E-state index in [1.165, 1.54) is 0 Å². The molecule has 0 saturated carbocycles. The highest BCUT2D eigenvalue weighted by Gasteiger charge is 2.04. The number of aliphatic imine (C=N–C) groups is 1. The van der Waals surface area contributed by atoms with Crippen molar-refractivity contribution in [1.82, 2.24) is 20.9 Å². The molecular weight excluding hydrogens is 453 g/mol. The fraction of sp³-hybridized carbons (Fsp3) is 0.350. The molecule has 2 aromatic rings. The van der Waals surface area contributed by atoms with Gasteiger partial charge in [0, 0.05) is 31.4 Å². The number of amides is 1. The lowest BCUT2D eigenvalue weighted by Crippen LogP contribution is -2.38. The second-order valence-corrected chi connectivity index (χ2v) is 5.92. The van der Waals surface area contributed by atoms with E-state index in [1.807, 2.05) is 56.3 Å². The number of benzene rings is 1. The van der Waals surface area contributed by atoms with Gasteiger partial charge in [0.05, 0.1) is 12.2 Å². The zero-order valence-corrected chi connectivity index (χ0v) is 18.4. The molecule has 1 aromatic heterocycles. The number of rotatable bonds is 7. The molecule has 6 nitrogen and oxygen atoms in total. The Balaban J connectivity index is 0.00000364. The molecule has 0 spiro atoms. The van der Waals surface area contributed by atoms with Gasteiger partial charge in [0.2, 0.25) is 0 Å². The van der Waals surface area contributed by atoms with Crippen LogP contribution in [0.3, 0.4) is 0 Å². The fourth-order valence-corrected chi connectivity index (χ4v) is 2.53. The Kier molecular flexibility index (Phi) is 10.4. The van der Waals surface area contributed by atoms with Gasteiger partial charge in [0.1, 0.15) is 0 Å². The van der Waals surface area contributed by atoms with Gasteiger partial charge in [-0.05, 0) is 50.1 Å². The second kappa shape index (κ2) is 12.3. The highest BCUT2D eigenvalue weighted by atomic mass is 127. The van der Waals surface area contributed by atoms with Crippen LogP contribution < -0.4 is 16.0 Å². The van der Waals surface area contributed by atoms with Crippen molar-refractivity contribution >= 4 is 35.8 Å². The third-order valence-corrected chi connectivity index (χ3v) is 3.81. The Morgan fingerprint density at radius 2 is 1.93 bits per heavy atom. The maximum Gasteiger partial charge on any atom is 0.251 e. The molecule has 0 aliphatic heterocycles. The molecule has 2 rings (SSSR count). The number of guanidine groups is 1. The fourth-order valence-electron chi connectivity index (χ4n) is 2.53. The van der Waals surface area contributed by atoms with Gasteiger partial charge in [-0.2, -0.15) is 0 Å². The Hall–Kier alpha value is -2.16. The molecule has 0 bridgehead atoms. The number of hydrogen-bond donors (Lipinski definition) is 3. The van der Waals surface area contributed by atoms with Crippen LogP contribution in [0.2, 0.25) is 0 Å². The molecule has 0 aliphatic rings. The van der Waals surface area contributed by atoms with Gasteiger partial charge in [0.25, 0.3) is 5.91 Å². The van der Waals surface area contributed by atoms with Crippen LogP contribution in [0, 0.1) is 6.92 Å². The maximum absolute atomic E-state index is 11.7. The van der Waals surface area contributed by atoms with Crippen molar-refractivity contribution in [2.24, 2.45) is 4.99 Å². The minimum absolute atomic E-state index is 0. The smallest absolute Gasteiger partial charge is 0.251 e.